The molecule has 0 fully saturated rings. The molecule has 0 heterocycles. The monoisotopic (exact) mass is 164 g/mol. The molecule has 0 aliphatic heterocycles. The van der Waals surface area contributed by atoms with Crippen LogP contribution >= 0.6 is 0 Å². The van der Waals surface area contributed by atoms with Gasteiger partial charge in [-0.3, -0.25) is 15.1 Å². The predicted octanol–water partition coefficient (Wildman–Crippen LogP) is 1.80. The summed E-state index contributed by atoms with van der Waals surface area (Å²) in [6.45, 7) is 3.20. The number of hydrogen-bond acceptors (Lipinski definition) is 3. The Morgan fingerprint density at radius 3 is 2.42 bits per heavy atom. The summed E-state index contributed by atoms with van der Waals surface area (Å²) in [5.41, 5.74) is 1.40. The average Bonchev–Trinajstić information content (AvgIpc) is 2.05. The van der Waals surface area contributed by atoms with Crippen molar-refractivity contribution in [1.82, 2.24) is 0 Å². The predicted molar refractivity (Wildman–Crippen MR) is 46.3 cm³/mol. The van der Waals surface area contributed by atoms with Gasteiger partial charge in [0, 0.05) is 10.5 Å². The molecule has 0 aromatic heterocycles. The highest BCUT2D eigenvalue weighted by atomic mass is 16.6. The summed E-state index contributed by atoms with van der Waals surface area (Å²) in [5, 5.41) is 10.1. The van der Waals surface area contributed by atoms with Crippen molar-refractivity contribution in [3.05, 3.63) is 39.9 Å². The lowest BCUT2D eigenvalue weighted by Crippen LogP contribution is -1.96. The van der Waals surface area contributed by atoms with E-state index in [0.717, 1.165) is 5.69 Å². The molecule has 1 aromatic carbocycles. The van der Waals surface area contributed by atoms with Crippen LogP contribution in [0.5, 0.6) is 0 Å². The molecule has 0 radical (unpaired) electrons. The van der Waals surface area contributed by atoms with E-state index < -0.39 is 0 Å². The van der Waals surface area contributed by atoms with Crippen LogP contribution in [0.15, 0.2) is 29.3 Å². The highest BCUT2D eigenvalue weighted by Crippen LogP contribution is 2.11. The molecule has 0 saturated heterocycles. The van der Waals surface area contributed by atoms with Crippen molar-refractivity contribution in [2.45, 2.75) is 6.54 Å². The van der Waals surface area contributed by atoms with Crippen molar-refractivity contribution >= 4 is 12.4 Å². The Labute approximate surface area is 69.7 Å². The minimum Gasteiger partial charge on any atom is -0.265 e. The summed E-state index contributed by atoms with van der Waals surface area (Å²) < 4.78 is 0. The maximum Gasteiger partial charge on any atom is 0.228 e. The van der Waals surface area contributed by atoms with Crippen LogP contribution in [-0.2, 0) is 6.54 Å². The van der Waals surface area contributed by atoms with Crippen molar-refractivity contribution in [3.63, 3.8) is 0 Å². The van der Waals surface area contributed by atoms with Crippen LogP contribution in [0.4, 0.5) is 5.69 Å². The molecule has 62 valence electrons. The molecule has 0 amide bonds. The molecular formula is C8H8N2O2. The van der Waals surface area contributed by atoms with Crippen LogP contribution in [0.1, 0.15) is 5.56 Å². The first kappa shape index (κ1) is 8.39. The molecule has 4 nitrogen and oxygen atoms in total. The normalized spacial score (nSPS) is 9.33. The third-order valence-electron chi connectivity index (χ3n) is 1.43. The summed E-state index contributed by atoms with van der Waals surface area (Å²) in [6, 6.07) is 6.75. The standard InChI is InChI=1S/C8H8N2O2/c1-9-8-4-2-7(3-5-8)6-10(11)12/h2-5H,1,6H2. The molecule has 4 heteroatoms. The fourth-order valence-electron chi connectivity index (χ4n) is 0.856. The molecule has 0 atom stereocenters. The fourth-order valence-corrected chi connectivity index (χ4v) is 0.856. The Balaban J connectivity index is 2.77. The number of rotatable bonds is 3. The van der Waals surface area contributed by atoms with Crippen LogP contribution < -0.4 is 0 Å². The van der Waals surface area contributed by atoms with E-state index in [1.807, 2.05) is 0 Å². The zero-order valence-corrected chi connectivity index (χ0v) is 6.43. The van der Waals surface area contributed by atoms with Gasteiger partial charge in [0.15, 0.2) is 0 Å². The highest BCUT2D eigenvalue weighted by molar-refractivity contribution is 5.45. The summed E-state index contributed by atoms with van der Waals surface area (Å²) >= 11 is 0. The molecular weight excluding hydrogens is 156 g/mol. The van der Waals surface area contributed by atoms with Crippen molar-refractivity contribution in [2.24, 2.45) is 4.99 Å². The van der Waals surface area contributed by atoms with Crippen LogP contribution in [0.3, 0.4) is 0 Å². The van der Waals surface area contributed by atoms with Crippen LogP contribution in [0.2, 0.25) is 0 Å². The Bertz CT molecular complexity index is 292. The van der Waals surface area contributed by atoms with Crippen LogP contribution in [0, 0.1) is 10.1 Å². The minimum atomic E-state index is -0.365. The quantitative estimate of drug-likeness (QED) is 0.388. The second-order valence-electron chi connectivity index (χ2n) is 2.32. The summed E-state index contributed by atoms with van der Waals surface area (Å²) in [7, 11) is 0. The van der Waals surface area contributed by atoms with Gasteiger partial charge in [0.25, 0.3) is 0 Å². The largest absolute Gasteiger partial charge is 0.265 e. The Morgan fingerprint density at radius 2 is 2.00 bits per heavy atom. The van der Waals surface area contributed by atoms with E-state index in [1.54, 1.807) is 24.3 Å². The summed E-state index contributed by atoms with van der Waals surface area (Å²) in [4.78, 5) is 13.4. The second kappa shape index (κ2) is 3.61. The van der Waals surface area contributed by atoms with Crippen molar-refractivity contribution in [3.8, 4) is 0 Å². The SMILES string of the molecule is C=Nc1ccc(C[N+](=O)[O-])cc1. The first-order valence-corrected chi connectivity index (χ1v) is 3.40. The third kappa shape index (κ3) is 2.16. The Hall–Kier alpha value is -1.71. The first-order valence-electron chi connectivity index (χ1n) is 3.40. The summed E-state index contributed by atoms with van der Waals surface area (Å²) in [5.74, 6) is 0. The number of nitro groups is 1. The molecule has 0 N–H and O–H groups in total. The molecule has 12 heavy (non-hydrogen) atoms. The van der Waals surface area contributed by atoms with Gasteiger partial charge in [-0.15, -0.1) is 0 Å². The van der Waals surface area contributed by atoms with Gasteiger partial charge < -0.3 is 0 Å². The maximum atomic E-state index is 10.1. The van der Waals surface area contributed by atoms with Crippen molar-refractivity contribution < 1.29 is 4.92 Å². The van der Waals surface area contributed by atoms with E-state index in [9.17, 15) is 10.1 Å². The van der Waals surface area contributed by atoms with Crippen molar-refractivity contribution in [1.29, 1.82) is 0 Å². The van der Waals surface area contributed by atoms with E-state index in [4.69, 9.17) is 0 Å². The fraction of sp³-hybridized carbons (Fsp3) is 0.125. The molecule has 1 aromatic rings. The zero-order chi connectivity index (χ0) is 8.97. The molecule has 0 bridgehead atoms. The van der Waals surface area contributed by atoms with E-state index >= 15 is 0 Å². The lowest BCUT2D eigenvalue weighted by Gasteiger charge is -1.94. The van der Waals surface area contributed by atoms with Gasteiger partial charge in [-0.1, -0.05) is 12.1 Å². The van der Waals surface area contributed by atoms with Gasteiger partial charge in [-0.05, 0) is 18.9 Å². The van der Waals surface area contributed by atoms with Gasteiger partial charge in [0.2, 0.25) is 6.54 Å². The molecule has 0 saturated carbocycles. The van der Waals surface area contributed by atoms with Gasteiger partial charge in [-0.25, -0.2) is 0 Å². The van der Waals surface area contributed by atoms with E-state index in [1.165, 1.54) is 0 Å². The van der Waals surface area contributed by atoms with E-state index in [2.05, 4.69) is 11.7 Å². The number of benzene rings is 1. The van der Waals surface area contributed by atoms with Gasteiger partial charge in [0.1, 0.15) is 0 Å². The van der Waals surface area contributed by atoms with Crippen LogP contribution in [0.25, 0.3) is 0 Å². The lowest BCUT2D eigenvalue weighted by molar-refractivity contribution is -0.496. The van der Waals surface area contributed by atoms with Crippen LogP contribution in [-0.4, -0.2) is 11.6 Å². The van der Waals surface area contributed by atoms with Crippen molar-refractivity contribution in [2.75, 3.05) is 0 Å². The summed E-state index contributed by atoms with van der Waals surface area (Å²) in [6.07, 6.45) is 0. The zero-order valence-electron chi connectivity index (χ0n) is 6.43. The Morgan fingerprint density at radius 1 is 1.42 bits per heavy atom. The minimum absolute atomic E-state index is 0.141. The first-order chi connectivity index (χ1) is 5.72. The smallest absolute Gasteiger partial charge is 0.228 e. The highest BCUT2D eigenvalue weighted by Gasteiger charge is 1.99. The van der Waals surface area contributed by atoms with Gasteiger partial charge in [-0.2, -0.15) is 0 Å². The van der Waals surface area contributed by atoms with E-state index in [0.29, 0.717) is 5.56 Å². The average molecular weight is 164 g/mol. The number of nitrogens with zero attached hydrogens (tertiary/aromatic N) is 2. The maximum absolute atomic E-state index is 10.1. The second-order valence-corrected chi connectivity index (χ2v) is 2.32. The topological polar surface area (TPSA) is 55.5 Å². The Kier molecular flexibility index (Phi) is 2.53. The van der Waals surface area contributed by atoms with E-state index in [-0.39, 0.29) is 11.5 Å². The van der Waals surface area contributed by atoms with Gasteiger partial charge in [0.05, 0.1) is 5.69 Å². The van der Waals surface area contributed by atoms with Gasteiger partial charge >= 0.3 is 0 Å². The third-order valence-corrected chi connectivity index (χ3v) is 1.43. The molecule has 0 unspecified atom stereocenters. The molecule has 0 aliphatic carbocycles. The number of aliphatic imine (C=N–C) groups is 1. The molecule has 0 aliphatic rings. The lowest BCUT2D eigenvalue weighted by atomic mass is 10.2. The molecule has 0 spiro atoms. The number of hydrogen-bond donors (Lipinski definition) is 0. The molecule has 1 rings (SSSR count).